The van der Waals surface area contributed by atoms with Crippen molar-refractivity contribution in [2.45, 2.75) is 32.0 Å². The van der Waals surface area contributed by atoms with Gasteiger partial charge in [0.1, 0.15) is 25.5 Å². The lowest BCUT2D eigenvalue weighted by atomic mass is 10.0. The van der Waals surface area contributed by atoms with E-state index >= 15 is 0 Å². The van der Waals surface area contributed by atoms with Crippen LogP contribution in [0, 0.1) is 0 Å². The number of anilines is 1. The molecule has 2 amide bonds. The van der Waals surface area contributed by atoms with Crippen LogP contribution in [0.2, 0.25) is 0 Å². The minimum atomic E-state index is -0.442. The number of benzene rings is 2. The molecule has 1 unspecified atom stereocenters. The molecule has 1 saturated heterocycles. The monoisotopic (exact) mass is 466 g/mol. The fourth-order valence-electron chi connectivity index (χ4n) is 4.02. The maximum atomic E-state index is 12.2. The van der Waals surface area contributed by atoms with E-state index in [-0.39, 0.29) is 17.6 Å². The molecule has 1 aliphatic rings. The molecular weight excluding hydrogens is 443 g/mol. The van der Waals surface area contributed by atoms with E-state index in [2.05, 4.69) is 26.0 Å². The Morgan fingerprint density at radius 2 is 1.89 bits per heavy atom. The van der Waals surface area contributed by atoms with Gasteiger partial charge in [-0.3, -0.25) is 9.59 Å². The SMILES string of the molecule is [B]c1cnn2c(NCc3ccc(CNC(=O)C4CCC(=O)N4)cc3)cc(-c3ccccc3O)nc12. The molecule has 5 rings (SSSR count). The highest BCUT2D eigenvalue weighted by atomic mass is 16.3. The van der Waals surface area contributed by atoms with Crippen molar-refractivity contribution in [3.8, 4) is 17.0 Å². The minimum absolute atomic E-state index is 0.0843. The summed E-state index contributed by atoms with van der Waals surface area (Å²) in [4.78, 5) is 28.0. The number of carbonyl (C=O) groups excluding carboxylic acids is 2. The summed E-state index contributed by atoms with van der Waals surface area (Å²) in [6.45, 7) is 0.903. The van der Waals surface area contributed by atoms with E-state index in [1.54, 1.807) is 28.9 Å². The second-order valence-electron chi connectivity index (χ2n) is 8.43. The molecule has 1 aliphatic heterocycles. The molecule has 0 saturated carbocycles. The van der Waals surface area contributed by atoms with Gasteiger partial charge in [-0.05, 0) is 35.1 Å². The zero-order valence-corrected chi connectivity index (χ0v) is 18.9. The summed E-state index contributed by atoms with van der Waals surface area (Å²) in [5.74, 6) is 0.562. The zero-order chi connectivity index (χ0) is 24.4. The largest absolute Gasteiger partial charge is 0.507 e. The topological polar surface area (TPSA) is 121 Å². The number of phenols is 1. The Morgan fingerprint density at radius 3 is 2.60 bits per heavy atom. The number of hydrogen-bond donors (Lipinski definition) is 4. The van der Waals surface area contributed by atoms with Gasteiger partial charge in [0.15, 0.2) is 5.65 Å². The molecule has 9 nitrogen and oxygen atoms in total. The highest BCUT2D eigenvalue weighted by molar-refractivity contribution is 6.36. The lowest BCUT2D eigenvalue weighted by molar-refractivity contribution is -0.125. The first-order valence-electron chi connectivity index (χ1n) is 11.3. The van der Waals surface area contributed by atoms with Crippen LogP contribution in [0.25, 0.3) is 16.9 Å². The Morgan fingerprint density at radius 1 is 1.14 bits per heavy atom. The van der Waals surface area contributed by atoms with E-state index in [0.29, 0.717) is 54.1 Å². The molecule has 35 heavy (non-hydrogen) atoms. The molecule has 4 N–H and O–H groups in total. The van der Waals surface area contributed by atoms with Crippen LogP contribution in [-0.4, -0.2) is 45.4 Å². The molecule has 2 aromatic heterocycles. The molecular formula is C25H23BN6O3. The summed E-state index contributed by atoms with van der Waals surface area (Å²) in [5.41, 5.74) is 4.10. The smallest absolute Gasteiger partial charge is 0.242 e. The molecule has 0 bridgehead atoms. The van der Waals surface area contributed by atoms with Crippen molar-refractivity contribution in [1.29, 1.82) is 0 Å². The number of para-hydroxylation sites is 1. The van der Waals surface area contributed by atoms with Crippen molar-refractivity contribution >= 4 is 36.6 Å². The molecule has 1 fully saturated rings. The Balaban J connectivity index is 1.27. The fraction of sp³-hybridized carbons (Fsp3) is 0.200. The van der Waals surface area contributed by atoms with E-state index in [1.807, 2.05) is 36.4 Å². The summed E-state index contributed by atoms with van der Waals surface area (Å²) in [5, 5.41) is 23.5. The number of aromatic hydroxyl groups is 1. The number of carbonyl (C=O) groups is 2. The normalized spacial score (nSPS) is 15.2. The van der Waals surface area contributed by atoms with Gasteiger partial charge >= 0.3 is 0 Å². The summed E-state index contributed by atoms with van der Waals surface area (Å²) in [6.07, 6.45) is 2.47. The van der Waals surface area contributed by atoms with Crippen molar-refractivity contribution in [2.75, 3.05) is 5.32 Å². The Labute approximate surface area is 203 Å². The summed E-state index contributed by atoms with van der Waals surface area (Å²) >= 11 is 0. The quantitative estimate of drug-likeness (QED) is 0.306. The number of rotatable bonds is 7. The highest BCUT2D eigenvalue weighted by Crippen LogP contribution is 2.29. The number of aromatic nitrogens is 3. The standard InChI is InChI=1S/C25H23BN6O3/c26-18-14-29-32-22(11-20(31-24(18)32)17-3-1-2-4-21(17)33)27-12-15-5-7-16(8-6-15)13-28-25(35)19-9-10-23(34)30-19/h1-8,11,14,19,27,33H,9-10,12-13H2,(H,28,35)(H,30,34). The van der Waals surface area contributed by atoms with Gasteiger partial charge in [0, 0.05) is 37.3 Å². The van der Waals surface area contributed by atoms with Crippen LogP contribution in [0.15, 0.2) is 60.8 Å². The lowest BCUT2D eigenvalue weighted by Crippen LogP contribution is -2.41. The summed E-state index contributed by atoms with van der Waals surface area (Å²) in [7, 11) is 6.06. The third-order valence-electron chi connectivity index (χ3n) is 5.95. The van der Waals surface area contributed by atoms with Gasteiger partial charge in [0.25, 0.3) is 0 Å². The van der Waals surface area contributed by atoms with Crippen LogP contribution in [0.4, 0.5) is 5.82 Å². The molecule has 0 spiro atoms. The molecule has 1 atom stereocenters. The maximum absolute atomic E-state index is 12.2. The van der Waals surface area contributed by atoms with E-state index in [1.165, 1.54) is 0 Å². The van der Waals surface area contributed by atoms with Crippen LogP contribution in [0.5, 0.6) is 5.75 Å². The van der Waals surface area contributed by atoms with E-state index in [4.69, 9.17) is 7.85 Å². The number of amides is 2. The van der Waals surface area contributed by atoms with Crippen molar-refractivity contribution in [3.63, 3.8) is 0 Å². The highest BCUT2D eigenvalue weighted by Gasteiger charge is 2.26. The number of nitrogens with zero attached hydrogens (tertiary/aromatic N) is 3. The van der Waals surface area contributed by atoms with Gasteiger partial charge < -0.3 is 21.1 Å². The third kappa shape index (κ3) is 4.82. The Bertz CT molecular complexity index is 1400. The van der Waals surface area contributed by atoms with E-state index in [9.17, 15) is 14.7 Å². The van der Waals surface area contributed by atoms with Crippen LogP contribution >= 0.6 is 0 Å². The van der Waals surface area contributed by atoms with Gasteiger partial charge in [0.2, 0.25) is 11.8 Å². The maximum Gasteiger partial charge on any atom is 0.242 e. The van der Waals surface area contributed by atoms with Crippen LogP contribution < -0.4 is 21.4 Å². The number of hydrogen-bond acceptors (Lipinski definition) is 6. The lowest BCUT2D eigenvalue weighted by Gasteiger charge is -2.13. The average molecular weight is 466 g/mol. The Kier molecular flexibility index (Phi) is 6.09. The van der Waals surface area contributed by atoms with Gasteiger partial charge in [-0.2, -0.15) is 9.61 Å². The van der Waals surface area contributed by atoms with E-state index in [0.717, 1.165) is 11.1 Å². The van der Waals surface area contributed by atoms with Crippen molar-refractivity contribution in [3.05, 3.63) is 71.9 Å². The average Bonchev–Trinajstić information content (AvgIpc) is 3.47. The molecule has 4 aromatic rings. The molecule has 0 aliphatic carbocycles. The van der Waals surface area contributed by atoms with Gasteiger partial charge in [-0.15, -0.1) is 0 Å². The van der Waals surface area contributed by atoms with Crippen molar-refractivity contribution in [2.24, 2.45) is 0 Å². The summed E-state index contributed by atoms with van der Waals surface area (Å²) < 4.78 is 1.63. The second-order valence-corrected chi connectivity index (χ2v) is 8.43. The summed E-state index contributed by atoms with van der Waals surface area (Å²) in [6, 6.07) is 16.2. The van der Waals surface area contributed by atoms with Crippen molar-refractivity contribution in [1.82, 2.24) is 25.2 Å². The first kappa shape index (κ1) is 22.5. The number of phenolic OH excluding ortho intramolecular Hbond substituents is 1. The Hall–Kier alpha value is -4.34. The predicted molar refractivity (Wildman–Crippen MR) is 132 cm³/mol. The van der Waals surface area contributed by atoms with E-state index < -0.39 is 6.04 Å². The zero-order valence-electron chi connectivity index (χ0n) is 18.9. The number of nitrogens with one attached hydrogen (secondary N) is 3. The predicted octanol–water partition coefficient (Wildman–Crippen LogP) is 1.40. The second kappa shape index (κ2) is 9.50. The van der Waals surface area contributed by atoms with Crippen LogP contribution in [0.3, 0.4) is 0 Å². The third-order valence-corrected chi connectivity index (χ3v) is 5.95. The molecule has 10 heteroatoms. The first-order valence-corrected chi connectivity index (χ1v) is 11.3. The molecule has 2 radical (unpaired) electrons. The number of fused-ring (bicyclic) bond motifs is 1. The van der Waals surface area contributed by atoms with Gasteiger partial charge in [-0.25, -0.2) is 4.98 Å². The molecule has 3 heterocycles. The van der Waals surface area contributed by atoms with Crippen molar-refractivity contribution < 1.29 is 14.7 Å². The van der Waals surface area contributed by atoms with Crippen LogP contribution in [-0.2, 0) is 22.7 Å². The minimum Gasteiger partial charge on any atom is -0.507 e. The fourth-order valence-corrected chi connectivity index (χ4v) is 4.02. The van der Waals surface area contributed by atoms with Gasteiger partial charge in [0.05, 0.1) is 5.69 Å². The molecule has 2 aromatic carbocycles. The first-order chi connectivity index (χ1) is 17.0. The van der Waals surface area contributed by atoms with Gasteiger partial charge in [-0.1, -0.05) is 36.4 Å². The molecule has 174 valence electrons. The van der Waals surface area contributed by atoms with Crippen LogP contribution in [0.1, 0.15) is 24.0 Å².